The van der Waals surface area contributed by atoms with E-state index in [0.29, 0.717) is 29.4 Å². The van der Waals surface area contributed by atoms with E-state index in [2.05, 4.69) is 14.7 Å². The Kier molecular flexibility index (Phi) is 9.73. The fourth-order valence-corrected chi connectivity index (χ4v) is 7.82. The van der Waals surface area contributed by atoms with Crippen LogP contribution >= 0.6 is 35.0 Å². The minimum Gasteiger partial charge on any atom is -0.489 e. The van der Waals surface area contributed by atoms with Gasteiger partial charge in [-0.05, 0) is 54.2 Å². The molecule has 5 rings (SSSR count). The lowest BCUT2D eigenvalue weighted by molar-refractivity contribution is -0.150. The topological polar surface area (TPSA) is 108 Å². The average molecular weight is 661 g/mol. The lowest BCUT2D eigenvalue weighted by Crippen LogP contribution is -2.40. The zero-order valence-electron chi connectivity index (χ0n) is 21.9. The number of thioether (sulfide) groups is 1. The van der Waals surface area contributed by atoms with Gasteiger partial charge in [0, 0.05) is 43.5 Å². The zero-order valence-corrected chi connectivity index (χ0v) is 25.0. The number of benzene rings is 1. The standard InChI is InChI=1S/C27H25Cl2F2N3O6S2/c28-20-13-33-14-21(29)19(20)11-23(17-5-6-22(40-27(30)31)24(10-17)38-15-16-3-4-16)39-26(35)25-34(8-9-41-25)42(36,37)18-2-1-7-32-12-18/h1-2,5-7,10,12-14,16,23,25,27H,3-4,8-9,11,15H2. The Labute approximate surface area is 255 Å². The molecule has 1 aliphatic carbocycles. The molecule has 0 N–H and O–H groups in total. The Morgan fingerprint density at radius 3 is 2.52 bits per heavy atom. The quantitative estimate of drug-likeness (QED) is 0.224. The van der Waals surface area contributed by atoms with Crippen molar-refractivity contribution in [2.45, 2.75) is 42.2 Å². The fraction of sp³-hybridized carbons (Fsp3) is 0.370. The summed E-state index contributed by atoms with van der Waals surface area (Å²) in [5.74, 6) is -0.235. The number of hydrogen-bond acceptors (Lipinski definition) is 9. The van der Waals surface area contributed by atoms with E-state index in [1.807, 2.05) is 0 Å². The SMILES string of the molecule is O=C(OC(Cc1c(Cl)cncc1Cl)c1ccc(OC(F)F)c(OCC2CC2)c1)C1SCCN1S(=O)(=O)c1cccnc1. The normalized spacial score (nSPS) is 18.2. The summed E-state index contributed by atoms with van der Waals surface area (Å²) in [6.45, 7) is -2.67. The van der Waals surface area contributed by atoms with Gasteiger partial charge in [-0.15, -0.1) is 11.8 Å². The van der Waals surface area contributed by atoms with Crippen LogP contribution in [0, 0.1) is 5.92 Å². The number of hydrogen-bond donors (Lipinski definition) is 0. The third kappa shape index (κ3) is 7.25. The number of sulfonamides is 1. The smallest absolute Gasteiger partial charge is 0.387 e. The fourth-order valence-electron chi connectivity index (χ4n) is 4.29. The van der Waals surface area contributed by atoms with Gasteiger partial charge in [0.25, 0.3) is 0 Å². The summed E-state index contributed by atoms with van der Waals surface area (Å²) >= 11 is 13.9. The van der Waals surface area contributed by atoms with Crippen molar-refractivity contribution in [2.24, 2.45) is 5.92 Å². The highest BCUT2D eigenvalue weighted by Gasteiger charge is 2.42. The first-order chi connectivity index (χ1) is 20.1. The second-order valence-corrected chi connectivity index (χ2v) is 13.5. The van der Waals surface area contributed by atoms with Gasteiger partial charge in [0.05, 0.1) is 16.7 Å². The molecule has 1 aliphatic heterocycles. The third-order valence-electron chi connectivity index (χ3n) is 6.62. The van der Waals surface area contributed by atoms with Gasteiger partial charge >= 0.3 is 12.6 Å². The highest BCUT2D eigenvalue weighted by molar-refractivity contribution is 8.02. The van der Waals surface area contributed by atoms with Gasteiger partial charge in [-0.1, -0.05) is 29.3 Å². The van der Waals surface area contributed by atoms with Gasteiger partial charge < -0.3 is 14.2 Å². The van der Waals surface area contributed by atoms with Gasteiger partial charge in [-0.3, -0.25) is 9.97 Å². The van der Waals surface area contributed by atoms with E-state index in [0.717, 1.165) is 28.9 Å². The minimum absolute atomic E-state index is 0.0181. The Hall–Kier alpha value is -2.71. The van der Waals surface area contributed by atoms with Crippen molar-refractivity contribution in [2.75, 3.05) is 18.9 Å². The van der Waals surface area contributed by atoms with Gasteiger partial charge in [0.2, 0.25) is 10.0 Å². The number of carbonyl (C=O) groups is 1. The number of alkyl halides is 2. The molecule has 2 aromatic heterocycles. The lowest BCUT2D eigenvalue weighted by Gasteiger charge is -2.26. The van der Waals surface area contributed by atoms with Gasteiger partial charge in [-0.2, -0.15) is 13.1 Å². The molecule has 2 aliphatic rings. The van der Waals surface area contributed by atoms with Crippen LogP contribution in [0.25, 0.3) is 0 Å². The van der Waals surface area contributed by atoms with Crippen LogP contribution in [0.15, 0.2) is 60.0 Å². The Balaban J connectivity index is 1.46. The van der Waals surface area contributed by atoms with Gasteiger partial charge in [0.1, 0.15) is 11.0 Å². The van der Waals surface area contributed by atoms with E-state index in [1.165, 1.54) is 55.1 Å². The highest BCUT2D eigenvalue weighted by atomic mass is 35.5. The monoisotopic (exact) mass is 659 g/mol. The van der Waals surface area contributed by atoms with E-state index in [9.17, 15) is 22.0 Å². The van der Waals surface area contributed by atoms with Crippen molar-refractivity contribution in [3.8, 4) is 11.5 Å². The molecule has 42 heavy (non-hydrogen) atoms. The van der Waals surface area contributed by atoms with E-state index in [1.54, 1.807) is 0 Å². The number of esters is 1. The molecule has 3 heterocycles. The molecule has 1 saturated carbocycles. The maximum Gasteiger partial charge on any atom is 0.387 e. The summed E-state index contributed by atoms with van der Waals surface area (Å²) in [6, 6.07) is 7.13. The van der Waals surface area contributed by atoms with Crippen LogP contribution in [0.4, 0.5) is 8.78 Å². The summed E-state index contributed by atoms with van der Waals surface area (Å²) < 4.78 is 70.3. The predicted octanol–water partition coefficient (Wildman–Crippen LogP) is 5.76. The summed E-state index contributed by atoms with van der Waals surface area (Å²) in [7, 11) is -4.05. The molecule has 2 fully saturated rings. The molecule has 1 saturated heterocycles. The first-order valence-corrected chi connectivity index (χ1v) is 16.1. The first-order valence-electron chi connectivity index (χ1n) is 12.9. The number of nitrogens with zero attached hydrogens (tertiary/aromatic N) is 3. The Morgan fingerprint density at radius 2 is 1.86 bits per heavy atom. The molecular weight excluding hydrogens is 635 g/mol. The second-order valence-electron chi connectivity index (χ2n) is 9.58. The minimum atomic E-state index is -4.05. The molecule has 15 heteroatoms. The van der Waals surface area contributed by atoms with Gasteiger partial charge in [-0.25, -0.2) is 13.2 Å². The van der Waals surface area contributed by atoms with Crippen molar-refractivity contribution >= 4 is 51.0 Å². The zero-order chi connectivity index (χ0) is 29.9. The number of pyridine rings is 2. The molecule has 0 bridgehead atoms. The molecule has 2 atom stereocenters. The molecule has 0 amide bonds. The molecule has 2 unspecified atom stereocenters. The van der Waals surface area contributed by atoms with Crippen LogP contribution < -0.4 is 9.47 Å². The van der Waals surface area contributed by atoms with Crippen LogP contribution in [0.3, 0.4) is 0 Å². The summed E-state index contributed by atoms with van der Waals surface area (Å²) in [5, 5.41) is -0.724. The van der Waals surface area contributed by atoms with Crippen LogP contribution in [0.2, 0.25) is 10.0 Å². The second kappa shape index (κ2) is 13.3. The summed E-state index contributed by atoms with van der Waals surface area (Å²) in [6.07, 6.45) is 6.31. The van der Waals surface area contributed by atoms with E-state index >= 15 is 0 Å². The van der Waals surface area contributed by atoms with Crippen LogP contribution in [-0.2, 0) is 26.0 Å². The van der Waals surface area contributed by atoms with Crippen LogP contribution in [0.5, 0.6) is 11.5 Å². The Morgan fingerprint density at radius 1 is 1.10 bits per heavy atom. The van der Waals surface area contributed by atoms with Crippen molar-refractivity contribution in [3.05, 3.63) is 76.3 Å². The molecule has 224 valence electrons. The van der Waals surface area contributed by atoms with Crippen molar-refractivity contribution < 1.29 is 36.2 Å². The predicted molar refractivity (Wildman–Crippen MR) is 152 cm³/mol. The van der Waals surface area contributed by atoms with E-state index in [-0.39, 0.29) is 39.4 Å². The number of rotatable bonds is 12. The molecular formula is C27H25Cl2F2N3O6S2. The summed E-state index contributed by atoms with van der Waals surface area (Å²) in [4.78, 5) is 21.4. The van der Waals surface area contributed by atoms with E-state index in [4.69, 9.17) is 32.7 Å². The Bertz CT molecular complexity index is 1510. The molecule has 9 nitrogen and oxygen atoms in total. The number of carbonyl (C=O) groups excluding carboxylic acids is 1. The largest absolute Gasteiger partial charge is 0.489 e. The maximum atomic E-state index is 13.6. The number of aromatic nitrogens is 2. The summed E-state index contributed by atoms with van der Waals surface area (Å²) in [5.41, 5.74) is 0.808. The van der Waals surface area contributed by atoms with Crippen LogP contribution in [-0.4, -0.2) is 59.6 Å². The van der Waals surface area contributed by atoms with Crippen LogP contribution in [0.1, 0.15) is 30.1 Å². The molecule has 3 aromatic rings. The third-order valence-corrected chi connectivity index (χ3v) is 10.4. The van der Waals surface area contributed by atoms with Crippen molar-refractivity contribution in [1.82, 2.24) is 14.3 Å². The first kappa shape index (κ1) is 30.7. The lowest BCUT2D eigenvalue weighted by atomic mass is 10.0. The number of halogens is 4. The molecule has 0 spiro atoms. The van der Waals surface area contributed by atoms with Crippen molar-refractivity contribution in [3.63, 3.8) is 0 Å². The number of ether oxygens (including phenoxy) is 3. The maximum absolute atomic E-state index is 13.6. The molecule has 0 radical (unpaired) electrons. The van der Waals surface area contributed by atoms with Gasteiger partial charge in [0.15, 0.2) is 16.9 Å². The average Bonchev–Trinajstić information content (AvgIpc) is 3.65. The molecule has 1 aromatic carbocycles. The van der Waals surface area contributed by atoms with Crippen molar-refractivity contribution in [1.29, 1.82) is 0 Å². The highest BCUT2D eigenvalue weighted by Crippen LogP contribution is 2.39. The van der Waals surface area contributed by atoms with E-state index < -0.39 is 34.1 Å².